The van der Waals surface area contributed by atoms with Crippen molar-refractivity contribution >= 4 is 11.8 Å². The first-order valence-corrected chi connectivity index (χ1v) is 5.34. The third kappa shape index (κ3) is 2.23. The van der Waals surface area contributed by atoms with Crippen molar-refractivity contribution in [2.45, 2.75) is 23.3 Å². The lowest BCUT2D eigenvalue weighted by Gasteiger charge is -2.07. The summed E-state index contributed by atoms with van der Waals surface area (Å²) in [5.41, 5.74) is 5.89. The fourth-order valence-corrected chi connectivity index (χ4v) is 2.20. The summed E-state index contributed by atoms with van der Waals surface area (Å²) in [6.45, 7) is 0. The van der Waals surface area contributed by atoms with Crippen LogP contribution in [-0.4, -0.2) is 11.3 Å². The molecule has 1 nitrogen and oxygen atoms in total. The van der Waals surface area contributed by atoms with Crippen LogP contribution in [0, 0.1) is 5.82 Å². The van der Waals surface area contributed by atoms with E-state index in [1.807, 2.05) is 6.07 Å². The van der Waals surface area contributed by atoms with E-state index in [1.54, 1.807) is 12.1 Å². The molecule has 1 aliphatic rings. The van der Waals surface area contributed by atoms with E-state index in [0.29, 0.717) is 4.90 Å². The van der Waals surface area contributed by atoms with E-state index in [0.717, 1.165) is 18.6 Å². The minimum Gasteiger partial charge on any atom is -0.324 e. The van der Waals surface area contributed by atoms with Crippen LogP contribution in [0.15, 0.2) is 29.2 Å². The summed E-state index contributed by atoms with van der Waals surface area (Å²) in [6, 6.07) is 6.83. The number of benzene rings is 1. The Morgan fingerprint density at radius 1 is 1.38 bits per heavy atom. The second-order valence-electron chi connectivity index (χ2n) is 3.58. The monoisotopic (exact) mass is 197 g/mol. The van der Waals surface area contributed by atoms with Crippen molar-refractivity contribution in [3.63, 3.8) is 0 Å². The van der Waals surface area contributed by atoms with E-state index in [-0.39, 0.29) is 11.4 Å². The van der Waals surface area contributed by atoms with E-state index >= 15 is 0 Å². The predicted molar refractivity (Wildman–Crippen MR) is 53.3 cm³/mol. The van der Waals surface area contributed by atoms with Gasteiger partial charge in [0.1, 0.15) is 5.82 Å². The van der Waals surface area contributed by atoms with Gasteiger partial charge in [0.2, 0.25) is 0 Å². The van der Waals surface area contributed by atoms with Crippen molar-refractivity contribution in [2.24, 2.45) is 5.73 Å². The number of hydrogen-bond donors (Lipinski definition) is 1. The third-order valence-corrected chi connectivity index (χ3v) is 3.61. The molecule has 0 heterocycles. The molecule has 1 aromatic carbocycles. The highest BCUT2D eigenvalue weighted by molar-refractivity contribution is 7.99. The Morgan fingerprint density at radius 2 is 2.08 bits per heavy atom. The molecule has 13 heavy (non-hydrogen) atoms. The van der Waals surface area contributed by atoms with Gasteiger partial charge in [-0.05, 0) is 25.0 Å². The van der Waals surface area contributed by atoms with Crippen LogP contribution in [-0.2, 0) is 0 Å². The maximum absolute atomic E-state index is 13.1. The molecule has 0 atom stereocenters. The van der Waals surface area contributed by atoms with Crippen molar-refractivity contribution in [3.05, 3.63) is 30.1 Å². The number of hydrogen-bond acceptors (Lipinski definition) is 2. The van der Waals surface area contributed by atoms with Crippen molar-refractivity contribution in [1.29, 1.82) is 0 Å². The Morgan fingerprint density at radius 3 is 2.69 bits per heavy atom. The number of rotatable bonds is 3. The lowest BCUT2D eigenvalue weighted by Crippen LogP contribution is -2.24. The lowest BCUT2D eigenvalue weighted by molar-refractivity contribution is 0.601. The second kappa shape index (κ2) is 3.31. The molecule has 2 rings (SSSR count). The van der Waals surface area contributed by atoms with Gasteiger partial charge in [-0.15, -0.1) is 11.8 Å². The van der Waals surface area contributed by atoms with Crippen LogP contribution in [0.3, 0.4) is 0 Å². The van der Waals surface area contributed by atoms with Gasteiger partial charge in [-0.25, -0.2) is 4.39 Å². The molecule has 70 valence electrons. The fraction of sp³-hybridized carbons (Fsp3) is 0.400. The van der Waals surface area contributed by atoms with Gasteiger partial charge in [-0.1, -0.05) is 12.1 Å². The molecule has 1 aliphatic carbocycles. The summed E-state index contributed by atoms with van der Waals surface area (Å²) in [4.78, 5) is 0.708. The molecule has 0 unspecified atom stereocenters. The number of thioether (sulfide) groups is 1. The maximum Gasteiger partial charge on any atom is 0.136 e. The molecule has 0 bridgehead atoms. The smallest absolute Gasteiger partial charge is 0.136 e. The lowest BCUT2D eigenvalue weighted by atomic mass is 10.3. The first-order chi connectivity index (χ1) is 6.20. The van der Waals surface area contributed by atoms with Crippen molar-refractivity contribution in [2.75, 3.05) is 5.75 Å². The number of nitrogens with two attached hydrogens (primary N) is 1. The van der Waals surface area contributed by atoms with E-state index in [2.05, 4.69) is 0 Å². The zero-order valence-corrected chi connectivity index (χ0v) is 8.11. The molecular formula is C10H12FNS. The van der Waals surface area contributed by atoms with E-state index in [4.69, 9.17) is 5.73 Å². The van der Waals surface area contributed by atoms with Crippen LogP contribution in [0.2, 0.25) is 0 Å². The standard InChI is InChI=1S/C10H12FNS/c11-8-3-1-2-4-9(8)13-7-10(12)5-6-10/h1-4H,5-7,12H2. The molecule has 0 saturated heterocycles. The van der Waals surface area contributed by atoms with Crippen molar-refractivity contribution in [3.8, 4) is 0 Å². The SMILES string of the molecule is NC1(CSc2ccccc2F)CC1. The molecule has 0 radical (unpaired) electrons. The first-order valence-electron chi connectivity index (χ1n) is 4.36. The highest BCUT2D eigenvalue weighted by Gasteiger charge is 2.37. The molecule has 0 aliphatic heterocycles. The zero-order valence-electron chi connectivity index (χ0n) is 7.29. The second-order valence-corrected chi connectivity index (χ2v) is 4.60. The molecule has 0 spiro atoms. The van der Waals surface area contributed by atoms with E-state index < -0.39 is 0 Å². The van der Waals surface area contributed by atoms with E-state index in [1.165, 1.54) is 17.8 Å². The van der Waals surface area contributed by atoms with Gasteiger partial charge in [-0.2, -0.15) is 0 Å². The van der Waals surface area contributed by atoms with Gasteiger partial charge >= 0.3 is 0 Å². The Kier molecular flexibility index (Phi) is 2.30. The highest BCUT2D eigenvalue weighted by atomic mass is 32.2. The van der Waals surface area contributed by atoms with Crippen LogP contribution in [0.4, 0.5) is 4.39 Å². The first kappa shape index (κ1) is 9.03. The molecule has 2 N–H and O–H groups in total. The number of halogens is 1. The summed E-state index contributed by atoms with van der Waals surface area (Å²) in [5.74, 6) is 0.685. The normalized spacial score (nSPS) is 18.6. The Balaban J connectivity index is 1.97. The van der Waals surface area contributed by atoms with Crippen LogP contribution in [0.5, 0.6) is 0 Å². The van der Waals surface area contributed by atoms with Gasteiger partial charge in [0.15, 0.2) is 0 Å². The van der Waals surface area contributed by atoms with Gasteiger partial charge in [0.25, 0.3) is 0 Å². The quantitative estimate of drug-likeness (QED) is 0.753. The molecule has 1 aromatic rings. The van der Waals surface area contributed by atoms with Crippen LogP contribution in [0.25, 0.3) is 0 Å². The molecule has 1 saturated carbocycles. The van der Waals surface area contributed by atoms with Gasteiger partial charge in [0, 0.05) is 16.2 Å². The highest BCUT2D eigenvalue weighted by Crippen LogP contribution is 2.37. The summed E-state index contributed by atoms with van der Waals surface area (Å²) >= 11 is 1.52. The zero-order chi connectivity index (χ0) is 9.31. The molecule has 1 fully saturated rings. The van der Waals surface area contributed by atoms with Crippen LogP contribution in [0.1, 0.15) is 12.8 Å². The van der Waals surface area contributed by atoms with Gasteiger partial charge < -0.3 is 5.73 Å². The minimum atomic E-state index is -0.142. The Labute approximate surface area is 81.5 Å². The van der Waals surface area contributed by atoms with Crippen molar-refractivity contribution < 1.29 is 4.39 Å². The Hall–Kier alpha value is -0.540. The summed E-state index contributed by atoms with van der Waals surface area (Å²) in [5, 5.41) is 0. The van der Waals surface area contributed by atoms with E-state index in [9.17, 15) is 4.39 Å². The average molecular weight is 197 g/mol. The van der Waals surface area contributed by atoms with Crippen molar-refractivity contribution in [1.82, 2.24) is 0 Å². The maximum atomic E-state index is 13.1. The predicted octanol–water partition coefficient (Wildman–Crippen LogP) is 2.41. The molecule has 0 aromatic heterocycles. The average Bonchev–Trinajstić information content (AvgIpc) is 2.83. The van der Waals surface area contributed by atoms with Crippen LogP contribution >= 0.6 is 11.8 Å². The molecule has 3 heteroatoms. The molecule has 0 amide bonds. The van der Waals surface area contributed by atoms with Gasteiger partial charge in [-0.3, -0.25) is 0 Å². The largest absolute Gasteiger partial charge is 0.324 e. The van der Waals surface area contributed by atoms with Gasteiger partial charge in [0.05, 0.1) is 0 Å². The fourth-order valence-electron chi connectivity index (χ4n) is 1.09. The third-order valence-electron chi connectivity index (χ3n) is 2.24. The summed E-state index contributed by atoms with van der Waals surface area (Å²) < 4.78 is 13.1. The summed E-state index contributed by atoms with van der Waals surface area (Å²) in [7, 11) is 0. The molecular weight excluding hydrogens is 185 g/mol. The van der Waals surface area contributed by atoms with Crippen LogP contribution < -0.4 is 5.73 Å². The minimum absolute atomic E-state index is 0.00700. The Bertz CT molecular complexity index is 310. The summed E-state index contributed by atoms with van der Waals surface area (Å²) in [6.07, 6.45) is 2.16. The topological polar surface area (TPSA) is 26.0 Å².